The molecule has 0 saturated heterocycles. The molecule has 1 nitrogen and oxygen atoms in total. The number of halogens is 1. The summed E-state index contributed by atoms with van der Waals surface area (Å²) in [5, 5.41) is 0. The first-order valence-electron chi connectivity index (χ1n) is 10.4. The van der Waals surface area contributed by atoms with E-state index in [1.54, 1.807) is 0 Å². The van der Waals surface area contributed by atoms with Gasteiger partial charge in [-0.2, -0.15) is 0 Å². The van der Waals surface area contributed by atoms with Crippen molar-refractivity contribution < 1.29 is 4.74 Å². The summed E-state index contributed by atoms with van der Waals surface area (Å²) in [4.78, 5) is 0. The van der Waals surface area contributed by atoms with Crippen molar-refractivity contribution in [3.8, 4) is 0 Å². The maximum absolute atomic E-state index is 5.50. The highest BCUT2D eigenvalue weighted by Crippen LogP contribution is 2.14. The molecule has 0 heterocycles. The van der Waals surface area contributed by atoms with E-state index in [4.69, 9.17) is 4.74 Å². The van der Waals surface area contributed by atoms with Gasteiger partial charge in [-0.3, -0.25) is 0 Å². The van der Waals surface area contributed by atoms with Crippen molar-refractivity contribution in [2.45, 2.75) is 110 Å². The molecule has 0 aliphatic heterocycles. The Labute approximate surface area is 160 Å². The highest BCUT2D eigenvalue weighted by molar-refractivity contribution is 14.1. The molecule has 0 unspecified atom stereocenters. The third-order valence-corrected chi connectivity index (χ3v) is 4.98. The summed E-state index contributed by atoms with van der Waals surface area (Å²) in [5.74, 6) is 0.893. The van der Waals surface area contributed by atoms with Crippen LogP contribution in [0.25, 0.3) is 0 Å². The molecule has 0 aromatic heterocycles. The number of alkyl halides is 1. The van der Waals surface area contributed by atoms with E-state index in [0.29, 0.717) is 0 Å². The Hall–Kier alpha value is 0.690. The van der Waals surface area contributed by atoms with E-state index in [-0.39, 0.29) is 0 Å². The van der Waals surface area contributed by atoms with Gasteiger partial charge in [0, 0.05) is 11.0 Å². The highest BCUT2D eigenvalue weighted by atomic mass is 127. The average Bonchev–Trinajstić information content (AvgIpc) is 2.53. The standard InChI is InChI=1S/C21H43IO/c1-21(2)17-15-13-11-9-7-5-3-4-6-8-10-12-14-16-19-23-20-18-22/h21H,3-20H2,1-2H3. The van der Waals surface area contributed by atoms with E-state index in [9.17, 15) is 0 Å². The molecule has 0 fully saturated rings. The van der Waals surface area contributed by atoms with Gasteiger partial charge in [0.25, 0.3) is 0 Å². The number of ether oxygens (including phenoxy) is 1. The highest BCUT2D eigenvalue weighted by Gasteiger charge is 1.96. The van der Waals surface area contributed by atoms with Crippen molar-refractivity contribution in [2.75, 3.05) is 17.6 Å². The molecule has 140 valence electrons. The normalized spacial score (nSPS) is 11.5. The predicted molar refractivity (Wildman–Crippen MR) is 114 cm³/mol. The summed E-state index contributed by atoms with van der Waals surface area (Å²) in [6, 6.07) is 0. The topological polar surface area (TPSA) is 9.23 Å². The molecule has 0 aromatic rings. The van der Waals surface area contributed by atoms with Crippen LogP contribution in [0.15, 0.2) is 0 Å². The Balaban J connectivity index is 2.95. The maximum Gasteiger partial charge on any atom is 0.0555 e. The van der Waals surface area contributed by atoms with Crippen LogP contribution < -0.4 is 0 Å². The van der Waals surface area contributed by atoms with Crippen LogP contribution in [0.5, 0.6) is 0 Å². The zero-order chi connectivity index (χ0) is 17.0. The van der Waals surface area contributed by atoms with Gasteiger partial charge in [-0.05, 0) is 12.3 Å². The van der Waals surface area contributed by atoms with Crippen molar-refractivity contribution in [1.29, 1.82) is 0 Å². The molecule has 0 aliphatic carbocycles. The van der Waals surface area contributed by atoms with Crippen LogP contribution >= 0.6 is 22.6 Å². The molecule has 0 amide bonds. The smallest absolute Gasteiger partial charge is 0.0555 e. The molecule has 0 atom stereocenters. The van der Waals surface area contributed by atoms with Crippen molar-refractivity contribution in [1.82, 2.24) is 0 Å². The van der Waals surface area contributed by atoms with Crippen molar-refractivity contribution in [3.05, 3.63) is 0 Å². The van der Waals surface area contributed by atoms with Crippen LogP contribution in [0, 0.1) is 5.92 Å². The average molecular weight is 438 g/mol. The molecular weight excluding hydrogens is 395 g/mol. The molecule has 0 bridgehead atoms. The molecule has 0 radical (unpaired) electrons. The lowest BCUT2D eigenvalue weighted by Gasteiger charge is -2.05. The van der Waals surface area contributed by atoms with Crippen LogP contribution in [0.4, 0.5) is 0 Å². The fraction of sp³-hybridized carbons (Fsp3) is 1.00. The van der Waals surface area contributed by atoms with Gasteiger partial charge in [0.15, 0.2) is 0 Å². The monoisotopic (exact) mass is 438 g/mol. The van der Waals surface area contributed by atoms with Crippen LogP contribution in [0.1, 0.15) is 110 Å². The van der Waals surface area contributed by atoms with Crippen LogP contribution in [0.3, 0.4) is 0 Å². The minimum atomic E-state index is 0.893. The largest absolute Gasteiger partial charge is 0.381 e. The second kappa shape index (κ2) is 20.7. The van der Waals surface area contributed by atoms with Gasteiger partial charge < -0.3 is 4.74 Å². The Kier molecular flexibility index (Phi) is 21.4. The number of hydrogen-bond acceptors (Lipinski definition) is 1. The van der Waals surface area contributed by atoms with E-state index in [0.717, 1.165) is 23.6 Å². The summed E-state index contributed by atoms with van der Waals surface area (Å²) in [7, 11) is 0. The zero-order valence-corrected chi connectivity index (χ0v) is 18.2. The van der Waals surface area contributed by atoms with Crippen molar-refractivity contribution >= 4 is 22.6 Å². The summed E-state index contributed by atoms with van der Waals surface area (Å²) >= 11 is 2.37. The van der Waals surface area contributed by atoms with Gasteiger partial charge in [-0.1, -0.05) is 126 Å². The molecular formula is C21H43IO. The number of rotatable bonds is 19. The second-order valence-electron chi connectivity index (χ2n) is 7.43. The fourth-order valence-electron chi connectivity index (χ4n) is 3.03. The molecule has 0 aromatic carbocycles. The molecule has 0 N–H and O–H groups in total. The minimum Gasteiger partial charge on any atom is -0.381 e. The van der Waals surface area contributed by atoms with Gasteiger partial charge in [0.2, 0.25) is 0 Å². The molecule has 23 heavy (non-hydrogen) atoms. The molecule has 0 spiro atoms. The quantitative estimate of drug-likeness (QED) is 0.113. The second-order valence-corrected chi connectivity index (χ2v) is 8.51. The number of hydrogen-bond donors (Lipinski definition) is 0. The van der Waals surface area contributed by atoms with Crippen molar-refractivity contribution in [3.63, 3.8) is 0 Å². The Morgan fingerprint density at radius 3 is 1.35 bits per heavy atom. The lowest BCUT2D eigenvalue weighted by molar-refractivity contribution is 0.146. The SMILES string of the molecule is CC(C)CCCCCCCCCCCCCCCCOCCI. The van der Waals surface area contributed by atoms with Crippen LogP contribution in [-0.4, -0.2) is 17.6 Å². The summed E-state index contributed by atoms with van der Waals surface area (Å²) in [6.07, 6.45) is 21.5. The minimum absolute atomic E-state index is 0.893. The first-order chi connectivity index (χ1) is 11.3. The van der Waals surface area contributed by atoms with E-state index in [1.807, 2.05) is 0 Å². The van der Waals surface area contributed by atoms with Crippen LogP contribution in [0.2, 0.25) is 0 Å². The summed E-state index contributed by atoms with van der Waals surface area (Å²) in [6.45, 7) is 6.57. The first-order valence-corrected chi connectivity index (χ1v) is 11.9. The third kappa shape index (κ3) is 22.7. The van der Waals surface area contributed by atoms with E-state index in [2.05, 4.69) is 36.4 Å². The van der Waals surface area contributed by atoms with Gasteiger partial charge in [-0.25, -0.2) is 0 Å². The van der Waals surface area contributed by atoms with Gasteiger partial charge >= 0.3 is 0 Å². The number of unbranched alkanes of at least 4 members (excludes halogenated alkanes) is 13. The molecule has 0 saturated carbocycles. The Bertz CT molecular complexity index is 206. The van der Waals surface area contributed by atoms with E-state index >= 15 is 0 Å². The molecule has 0 aliphatic rings. The third-order valence-electron chi connectivity index (χ3n) is 4.54. The van der Waals surface area contributed by atoms with Gasteiger partial charge in [0.1, 0.15) is 0 Å². The van der Waals surface area contributed by atoms with E-state index in [1.165, 1.54) is 96.3 Å². The molecule has 0 rings (SSSR count). The fourth-order valence-corrected chi connectivity index (χ4v) is 3.35. The zero-order valence-electron chi connectivity index (χ0n) is 16.1. The Morgan fingerprint density at radius 1 is 0.565 bits per heavy atom. The maximum atomic E-state index is 5.50. The first kappa shape index (κ1) is 23.7. The lowest BCUT2D eigenvalue weighted by Crippen LogP contribution is -1.97. The van der Waals surface area contributed by atoms with Gasteiger partial charge in [0.05, 0.1) is 6.61 Å². The summed E-state index contributed by atoms with van der Waals surface area (Å²) < 4.78 is 6.62. The summed E-state index contributed by atoms with van der Waals surface area (Å²) in [5.41, 5.74) is 0. The lowest BCUT2D eigenvalue weighted by atomic mass is 10.0. The van der Waals surface area contributed by atoms with E-state index < -0.39 is 0 Å². The van der Waals surface area contributed by atoms with Gasteiger partial charge in [-0.15, -0.1) is 0 Å². The predicted octanol–water partition coefficient (Wildman–Crippen LogP) is 7.95. The molecule has 2 heteroatoms. The van der Waals surface area contributed by atoms with Crippen LogP contribution in [-0.2, 0) is 4.74 Å². The van der Waals surface area contributed by atoms with Crippen molar-refractivity contribution in [2.24, 2.45) is 5.92 Å². The Morgan fingerprint density at radius 2 is 0.957 bits per heavy atom.